The van der Waals surface area contributed by atoms with Crippen molar-refractivity contribution in [2.75, 3.05) is 13.1 Å². The Balaban J connectivity index is 2.12. The standard InChI is InChI=1S/C5H8N2O3/c8-4(9)2-7-5(10)3-1-6-3/h3,6H,1-2H2,(H,7,10)(H,8,9). The minimum Gasteiger partial charge on any atom is -0.480 e. The quantitative estimate of drug-likeness (QED) is 0.406. The normalized spacial score (nSPS) is 21.8. The number of carboxylic acids is 1. The van der Waals surface area contributed by atoms with Crippen molar-refractivity contribution < 1.29 is 14.7 Å². The van der Waals surface area contributed by atoms with Crippen LogP contribution in [0.4, 0.5) is 0 Å². The van der Waals surface area contributed by atoms with Crippen LogP contribution in [0.1, 0.15) is 0 Å². The highest BCUT2D eigenvalue weighted by Crippen LogP contribution is 1.94. The number of carboxylic acid groups (broad SMARTS) is 1. The number of carbonyl (C=O) groups is 2. The van der Waals surface area contributed by atoms with Crippen LogP contribution >= 0.6 is 0 Å². The van der Waals surface area contributed by atoms with E-state index in [4.69, 9.17) is 5.11 Å². The first-order valence-corrected chi connectivity index (χ1v) is 2.93. The number of hydrogen-bond donors (Lipinski definition) is 3. The van der Waals surface area contributed by atoms with Crippen molar-refractivity contribution in [3.8, 4) is 0 Å². The van der Waals surface area contributed by atoms with Crippen molar-refractivity contribution in [2.24, 2.45) is 0 Å². The summed E-state index contributed by atoms with van der Waals surface area (Å²) in [7, 11) is 0. The van der Waals surface area contributed by atoms with Crippen molar-refractivity contribution in [3.63, 3.8) is 0 Å². The molecule has 10 heavy (non-hydrogen) atoms. The number of hydrogen-bond acceptors (Lipinski definition) is 3. The van der Waals surface area contributed by atoms with Crippen molar-refractivity contribution in [1.29, 1.82) is 0 Å². The lowest BCUT2D eigenvalue weighted by Crippen LogP contribution is -2.33. The largest absolute Gasteiger partial charge is 0.480 e. The minimum absolute atomic E-state index is 0.153. The Morgan fingerprint density at radius 2 is 2.30 bits per heavy atom. The van der Waals surface area contributed by atoms with Crippen LogP contribution in [0.5, 0.6) is 0 Å². The van der Waals surface area contributed by atoms with Crippen LogP contribution in [0.15, 0.2) is 0 Å². The number of rotatable bonds is 3. The highest BCUT2D eigenvalue weighted by atomic mass is 16.4. The molecular formula is C5H8N2O3. The molecule has 1 rings (SSSR count). The first kappa shape index (κ1) is 7.01. The van der Waals surface area contributed by atoms with E-state index in [1.54, 1.807) is 0 Å². The van der Waals surface area contributed by atoms with E-state index in [-0.39, 0.29) is 18.5 Å². The van der Waals surface area contributed by atoms with Crippen LogP contribution in [0, 0.1) is 0 Å². The lowest BCUT2D eigenvalue weighted by molar-refractivity contribution is -0.137. The van der Waals surface area contributed by atoms with Crippen LogP contribution in [-0.2, 0) is 9.59 Å². The van der Waals surface area contributed by atoms with Gasteiger partial charge in [0.05, 0.1) is 6.04 Å². The number of carbonyl (C=O) groups excluding carboxylic acids is 1. The Kier molecular flexibility index (Phi) is 1.86. The lowest BCUT2D eigenvalue weighted by atomic mass is 10.4. The summed E-state index contributed by atoms with van der Waals surface area (Å²) < 4.78 is 0. The van der Waals surface area contributed by atoms with Crippen molar-refractivity contribution in [3.05, 3.63) is 0 Å². The molecule has 1 saturated heterocycles. The molecule has 0 radical (unpaired) electrons. The molecule has 1 heterocycles. The summed E-state index contributed by atoms with van der Waals surface area (Å²) >= 11 is 0. The van der Waals surface area contributed by atoms with E-state index in [0.717, 1.165) is 0 Å². The molecule has 1 aliphatic rings. The SMILES string of the molecule is O=C(O)CNC(=O)C1CN1. The van der Waals surface area contributed by atoms with Crippen molar-refractivity contribution >= 4 is 11.9 Å². The smallest absolute Gasteiger partial charge is 0.322 e. The van der Waals surface area contributed by atoms with E-state index < -0.39 is 5.97 Å². The zero-order valence-corrected chi connectivity index (χ0v) is 5.26. The van der Waals surface area contributed by atoms with Gasteiger partial charge in [0.2, 0.25) is 5.91 Å². The predicted octanol–water partition coefficient (Wildman–Crippen LogP) is -1.84. The molecular weight excluding hydrogens is 136 g/mol. The number of amides is 1. The Labute approximate surface area is 57.4 Å². The predicted molar refractivity (Wildman–Crippen MR) is 32.4 cm³/mol. The summed E-state index contributed by atoms with van der Waals surface area (Å²) in [6, 6.07) is -0.153. The average Bonchev–Trinajstić information content (AvgIpc) is 2.63. The highest BCUT2D eigenvalue weighted by molar-refractivity contribution is 5.87. The van der Waals surface area contributed by atoms with Gasteiger partial charge >= 0.3 is 5.97 Å². The molecule has 1 aliphatic heterocycles. The van der Waals surface area contributed by atoms with Crippen molar-refractivity contribution in [1.82, 2.24) is 10.6 Å². The van der Waals surface area contributed by atoms with Gasteiger partial charge < -0.3 is 15.7 Å². The third-order valence-corrected chi connectivity index (χ3v) is 1.14. The molecule has 0 spiro atoms. The maximum atomic E-state index is 10.7. The summed E-state index contributed by atoms with van der Waals surface area (Å²) in [5.74, 6) is -1.25. The Morgan fingerprint density at radius 1 is 1.70 bits per heavy atom. The molecule has 0 aromatic rings. The van der Waals surface area contributed by atoms with Gasteiger partial charge in [-0.15, -0.1) is 0 Å². The summed E-state index contributed by atoms with van der Waals surface area (Å²) in [4.78, 5) is 20.6. The Bertz CT molecular complexity index is 164. The van der Waals surface area contributed by atoms with Crippen LogP contribution in [-0.4, -0.2) is 36.1 Å². The lowest BCUT2D eigenvalue weighted by Gasteiger charge is -1.96. The maximum absolute atomic E-state index is 10.7. The summed E-state index contributed by atoms with van der Waals surface area (Å²) in [6.45, 7) is 0.364. The molecule has 5 nitrogen and oxygen atoms in total. The Hall–Kier alpha value is -1.10. The van der Waals surface area contributed by atoms with Gasteiger partial charge in [0, 0.05) is 6.54 Å². The molecule has 1 amide bonds. The molecule has 1 atom stereocenters. The first-order valence-electron chi connectivity index (χ1n) is 2.93. The third kappa shape index (κ3) is 2.02. The Morgan fingerprint density at radius 3 is 2.70 bits per heavy atom. The minimum atomic E-state index is -1.02. The molecule has 5 heteroatoms. The molecule has 56 valence electrons. The van der Waals surface area contributed by atoms with Crippen LogP contribution in [0.3, 0.4) is 0 Å². The van der Waals surface area contributed by atoms with Gasteiger partial charge in [-0.2, -0.15) is 0 Å². The second kappa shape index (κ2) is 2.66. The molecule has 0 bridgehead atoms. The van der Waals surface area contributed by atoms with E-state index in [0.29, 0.717) is 6.54 Å². The second-order valence-corrected chi connectivity index (χ2v) is 2.07. The fraction of sp³-hybridized carbons (Fsp3) is 0.600. The van der Waals surface area contributed by atoms with Gasteiger partial charge in [-0.3, -0.25) is 9.59 Å². The molecule has 0 aromatic carbocycles. The van der Waals surface area contributed by atoms with E-state index in [1.807, 2.05) is 0 Å². The molecule has 3 N–H and O–H groups in total. The summed E-state index contributed by atoms with van der Waals surface area (Å²) in [5.41, 5.74) is 0. The van der Waals surface area contributed by atoms with Crippen LogP contribution < -0.4 is 10.6 Å². The van der Waals surface area contributed by atoms with Gasteiger partial charge in [-0.05, 0) is 0 Å². The van der Waals surface area contributed by atoms with Crippen LogP contribution in [0.25, 0.3) is 0 Å². The fourth-order valence-corrected chi connectivity index (χ4v) is 0.530. The van der Waals surface area contributed by atoms with Crippen LogP contribution in [0.2, 0.25) is 0 Å². The molecule has 0 aromatic heterocycles. The highest BCUT2D eigenvalue weighted by Gasteiger charge is 2.28. The second-order valence-electron chi connectivity index (χ2n) is 2.07. The van der Waals surface area contributed by atoms with Gasteiger partial charge in [0.25, 0.3) is 0 Å². The molecule has 0 saturated carbocycles. The summed E-state index contributed by atoms with van der Waals surface area (Å²) in [6.07, 6.45) is 0. The zero-order chi connectivity index (χ0) is 7.56. The van der Waals surface area contributed by atoms with E-state index in [1.165, 1.54) is 0 Å². The zero-order valence-electron chi connectivity index (χ0n) is 5.26. The number of nitrogens with one attached hydrogen (secondary N) is 2. The monoisotopic (exact) mass is 144 g/mol. The molecule has 0 aliphatic carbocycles. The third-order valence-electron chi connectivity index (χ3n) is 1.14. The van der Waals surface area contributed by atoms with E-state index >= 15 is 0 Å². The number of aliphatic carboxylic acids is 1. The van der Waals surface area contributed by atoms with Gasteiger partial charge in [-0.25, -0.2) is 0 Å². The van der Waals surface area contributed by atoms with Crippen molar-refractivity contribution in [2.45, 2.75) is 6.04 Å². The van der Waals surface area contributed by atoms with E-state index in [9.17, 15) is 9.59 Å². The van der Waals surface area contributed by atoms with E-state index in [2.05, 4.69) is 10.6 Å². The van der Waals surface area contributed by atoms with Gasteiger partial charge in [0.15, 0.2) is 0 Å². The molecule has 1 unspecified atom stereocenters. The van der Waals surface area contributed by atoms with Gasteiger partial charge in [0.1, 0.15) is 6.54 Å². The fourth-order valence-electron chi connectivity index (χ4n) is 0.530. The first-order chi connectivity index (χ1) is 4.70. The summed E-state index contributed by atoms with van der Waals surface area (Å²) in [5, 5.41) is 13.1. The van der Waals surface area contributed by atoms with Gasteiger partial charge in [-0.1, -0.05) is 0 Å². The topological polar surface area (TPSA) is 88.3 Å². The maximum Gasteiger partial charge on any atom is 0.322 e. The average molecular weight is 144 g/mol. The molecule has 1 fully saturated rings.